The monoisotopic (exact) mass is 574 g/mol. The fourth-order valence-corrected chi connectivity index (χ4v) is 4.77. The number of azo groups is 1. The van der Waals surface area contributed by atoms with E-state index in [0.29, 0.717) is 56.2 Å². The molecule has 36 heavy (non-hydrogen) atoms. The number of ether oxygens (including phenoxy) is 2. The molecule has 4 nitrogen and oxygen atoms in total. The summed E-state index contributed by atoms with van der Waals surface area (Å²) in [6, 6.07) is 6.78. The number of hydrogen-bond donors (Lipinski definition) is 0. The molecule has 0 aliphatic carbocycles. The number of unbranched alkanes of at least 4 members (excludes halogenated alkanes) is 10. The molecular formula is C28H38Cl4N2O2. The smallest absolute Gasteiger partial charge is 0.123 e. The van der Waals surface area contributed by atoms with E-state index in [9.17, 15) is 0 Å². The van der Waals surface area contributed by atoms with Crippen molar-refractivity contribution in [2.75, 3.05) is 13.2 Å². The standard InChI is InChI=1S/C28H38Cl4N2O2/c1-3-5-7-9-11-13-15-35-21-17-23(29)27(24(30)18-21)33-34-28-25(31)19-22(20-26(28)32)36-16-14-12-10-8-6-4-2/h17-20H,3-16H2,1-2H3. The van der Waals surface area contributed by atoms with Crippen molar-refractivity contribution in [3.63, 3.8) is 0 Å². The fraction of sp³-hybridized carbons (Fsp3) is 0.571. The van der Waals surface area contributed by atoms with Crippen LogP contribution in [0, 0.1) is 0 Å². The van der Waals surface area contributed by atoms with Crippen LogP contribution < -0.4 is 9.47 Å². The molecule has 0 fully saturated rings. The van der Waals surface area contributed by atoms with Crippen LogP contribution >= 0.6 is 46.4 Å². The predicted molar refractivity (Wildman–Crippen MR) is 155 cm³/mol. The molecule has 2 aromatic rings. The first kappa shape index (κ1) is 31.0. The van der Waals surface area contributed by atoms with E-state index in [2.05, 4.69) is 24.1 Å². The molecule has 0 spiro atoms. The van der Waals surface area contributed by atoms with E-state index in [-0.39, 0.29) is 0 Å². The molecule has 0 aliphatic rings. The zero-order valence-electron chi connectivity index (χ0n) is 21.4. The molecule has 0 unspecified atom stereocenters. The van der Waals surface area contributed by atoms with E-state index in [0.717, 1.165) is 25.7 Å². The summed E-state index contributed by atoms with van der Waals surface area (Å²) in [5, 5.41) is 9.80. The lowest BCUT2D eigenvalue weighted by Gasteiger charge is -2.10. The lowest BCUT2D eigenvalue weighted by molar-refractivity contribution is 0.304. The Balaban J connectivity index is 1.91. The highest BCUT2D eigenvalue weighted by molar-refractivity contribution is 6.39. The topological polar surface area (TPSA) is 43.2 Å². The molecule has 0 heterocycles. The van der Waals surface area contributed by atoms with Gasteiger partial charge in [-0.15, -0.1) is 10.2 Å². The normalized spacial score (nSPS) is 11.4. The molecule has 0 aliphatic heterocycles. The van der Waals surface area contributed by atoms with Crippen molar-refractivity contribution in [3.8, 4) is 11.5 Å². The molecule has 8 heteroatoms. The van der Waals surface area contributed by atoms with Gasteiger partial charge in [-0.2, -0.15) is 0 Å². The minimum Gasteiger partial charge on any atom is -0.493 e. The molecule has 0 bridgehead atoms. The van der Waals surface area contributed by atoms with E-state index in [1.807, 2.05) is 0 Å². The fourth-order valence-electron chi connectivity index (χ4n) is 3.69. The van der Waals surface area contributed by atoms with Crippen LogP contribution in [0.4, 0.5) is 11.4 Å². The zero-order chi connectivity index (χ0) is 26.2. The summed E-state index contributed by atoms with van der Waals surface area (Å²) in [6.07, 6.45) is 14.4. The highest BCUT2D eigenvalue weighted by Crippen LogP contribution is 2.41. The largest absolute Gasteiger partial charge is 0.493 e. The average Bonchev–Trinajstić information content (AvgIpc) is 2.83. The van der Waals surface area contributed by atoms with E-state index in [1.165, 1.54) is 51.4 Å². The van der Waals surface area contributed by atoms with Gasteiger partial charge in [0, 0.05) is 24.3 Å². The Morgan fingerprint density at radius 1 is 0.500 bits per heavy atom. The quantitative estimate of drug-likeness (QED) is 0.131. The minimum atomic E-state index is 0.334. The van der Waals surface area contributed by atoms with Gasteiger partial charge in [-0.1, -0.05) is 124 Å². The second-order valence-corrected chi connectivity index (χ2v) is 10.5. The Kier molecular flexibility index (Phi) is 15.6. The third-order valence-electron chi connectivity index (χ3n) is 5.76. The van der Waals surface area contributed by atoms with E-state index >= 15 is 0 Å². The first-order valence-electron chi connectivity index (χ1n) is 13.1. The van der Waals surface area contributed by atoms with Crippen LogP contribution in [-0.2, 0) is 0 Å². The summed E-state index contributed by atoms with van der Waals surface area (Å²) in [6.45, 7) is 5.68. The Hall–Kier alpha value is -1.20. The first-order valence-corrected chi connectivity index (χ1v) is 14.6. The van der Waals surface area contributed by atoms with Crippen LogP contribution in [0.1, 0.15) is 90.9 Å². The van der Waals surface area contributed by atoms with Gasteiger partial charge in [0.05, 0.1) is 33.3 Å². The summed E-state index contributed by atoms with van der Waals surface area (Å²) in [5.41, 5.74) is 0.668. The Morgan fingerprint density at radius 3 is 1.14 bits per heavy atom. The van der Waals surface area contributed by atoms with Crippen molar-refractivity contribution in [2.45, 2.75) is 90.9 Å². The average molecular weight is 576 g/mol. The second kappa shape index (κ2) is 18.1. The van der Waals surface area contributed by atoms with Crippen LogP contribution in [0.3, 0.4) is 0 Å². The van der Waals surface area contributed by atoms with Gasteiger partial charge in [-0.25, -0.2) is 0 Å². The molecule has 0 aromatic heterocycles. The Morgan fingerprint density at radius 2 is 0.806 bits per heavy atom. The molecule has 0 saturated carbocycles. The number of benzene rings is 2. The highest BCUT2D eigenvalue weighted by Gasteiger charge is 2.12. The van der Waals surface area contributed by atoms with Crippen molar-refractivity contribution in [3.05, 3.63) is 44.4 Å². The summed E-state index contributed by atoms with van der Waals surface area (Å²) in [5.74, 6) is 1.22. The van der Waals surface area contributed by atoms with Crippen LogP contribution in [0.25, 0.3) is 0 Å². The Labute approximate surface area is 236 Å². The molecular weight excluding hydrogens is 538 g/mol. The van der Waals surface area contributed by atoms with Crippen LogP contribution in [0.15, 0.2) is 34.5 Å². The van der Waals surface area contributed by atoms with Crippen molar-refractivity contribution in [2.24, 2.45) is 10.2 Å². The molecule has 0 amide bonds. The summed E-state index contributed by atoms with van der Waals surface area (Å²) in [7, 11) is 0. The lowest BCUT2D eigenvalue weighted by Crippen LogP contribution is -1.97. The van der Waals surface area contributed by atoms with Crippen molar-refractivity contribution >= 4 is 57.8 Å². The van der Waals surface area contributed by atoms with Gasteiger partial charge in [0.1, 0.15) is 22.9 Å². The summed E-state index contributed by atoms with van der Waals surface area (Å²) < 4.78 is 11.6. The molecule has 0 radical (unpaired) electrons. The maximum absolute atomic E-state index is 6.41. The first-order chi connectivity index (χ1) is 17.5. The van der Waals surface area contributed by atoms with Crippen LogP contribution in [0.5, 0.6) is 11.5 Å². The van der Waals surface area contributed by atoms with E-state index < -0.39 is 0 Å². The third kappa shape index (κ3) is 11.5. The Bertz CT molecular complexity index is 832. The minimum absolute atomic E-state index is 0.334. The SMILES string of the molecule is CCCCCCCCOc1cc(Cl)c(N=Nc2c(Cl)cc(OCCCCCCCC)cc2Cl)c(Cl)c1. The van der Waals surface area contributed by atoms with Crippen molar-refractivity contribution in [1.29, 1.82) is 0 Å². The number of rotatable bonds is 18. The highest BCUT2D eigenvalue weighted by atomic mass is 35.5. The van der Waals surface area contributed by atoms with Gasteiger partial charge in [0.25, 0.3) is 0 Å². The lowest BCUT2D eigenvalue weighted by atomic mass is 10.1. The van der Waals surface area contributed by atoms with Crippen molar-refractivity contribution in [1.82, 2.24) is 0 Å². The summed E-state index contributed by atoms with van der Waals surface area (Å²) in [4.78, 5) is 0. The van der Waals surface area contributed by atoms with Gasteiger partial charge in [-0.3, -0.25) is 0 Å². The maximum atomic E-state index is 6.41. The zero-order valence-corrected chi connectivity index (χ0v) is 24.5. The van der Waals surface area contributed by atoms with Crippen LogP contribution in [-0.4, -0.2) is 13.2 Å². The molecule has 0 atom stereocenters. The molecule has 200 valence electrons. The second-order valence-electron chi connectivity index (χ2n) is 8.90. The predicted octanol–water partition coefficient (Wildman–Crippen LogP) is 12.2. The van der Waals surface area contributed by atoms with E-state index in [1.54, 1.807) is 24.3 Å². The third-order valence-corrected chi connectivity index (χ3v) is 6.92. The molecule has 0 saturated heterocycles. The van der Waals surface area contributed by atoms with Gasteiger partial charge < -0.3 is 9.47 Å². The maximum Gasteiger partial charge on any atom is 0.123 e. The van der Waals surface area contributed by atoms with E-state index in [4.69, 9.17) is 55.9 Å². The molecule has 2 rings (SSSR count). The van der Waals surface area contributed by atoms with Gasteiger partial charge in [-0.05, 0) is 12.8 Å². The van der Waals surface area contributed by atoms with Crippen molar-refractivity contribution < 1.29 is 9.47 Å². The number of nitrogens with zero attached hydrogens (tertiary/aromatic N) is 2. The summed E-state index contributed by atoms with van der Waals surface area (Å²) >= 11 is 25.6. The van der Waals surface area contributed by atoms with Gasteiger partial charge >= 0.3 is 0 Å². The molecule has 0 N–H and O–H groups in total. The van der Waals surface area contributed by atoms with Crippen LogP contribution in [0.2, 0.25) is 20.1 Å². The van der Waals surface area contributed by atoms with Gasteiger partial charge in [0.15, 0.2) is 0 Å². The van der Waals surface area contributed by atoms with Gasteiger partial charge in [0.2, 0.25) is 0 Å². The molecule has 2 aromatic carbocycles. The number of halogens is 4. The number of hydrogen-bond acceptors (Lipinski definition) is 4.